The zero-order valence-electron chi connectivity index (χ0n) is 9.79. The average molecular weight is 231 g/mol. The molecule has 0 aromatic carbocycles. The lowest BCUT2D eigenvalue weighted by atomic mass is 10.2. The third-order valence-electron chi connectivity index (χ3n) is 2.44. The van der Waals surface area contributed by atoms with Crippen molar-refractivity contribution in [3.63, 3.8) is 0 Å². The van der Waals surface area contributed by atoms with E-state index < -0.39 is 0 Å². The number of ether oxygens (including phenoxy) is 1. The molecule has 0 spiro atoms. The fourth-order valence-corrected chi connectivity index (χ4v) is 2.71. The molecule has 1 fully saturated rings. The van der Waals surface area contributed by atoms with Crippen molar-refractivity contribution in [3.8, 4) is 0 Å². The molecule has 0 saturated carbocycles. The van der Waals surface area contributed by atoms with Crippen molar-refractivity contribution in [3.05, 3.63) is 0 Å². The van der Waals surface area contributed by atoms with Crippen LogP contribution in [-0.2, 0) is 9.53 Å². The van der Waals surface area contributed by atoms with Crippen LogP contribution < -0.4 is 5.32 Å². The van der Waals surface area contributed by atoms with Crippen molar-refractivity contribution in [2.45, 2.75) is 45.0 Å². The summed E-state index contributed by atoms with van der Waals surface area (Å²) in [6.45, 7) is 6.97. The predicted octanol–water partition coefficient (Wildman–Crippen LogP) is 2.02. The van der Waals surface area contributed by atoms with Crippen molar-refractivity contribution in [1.82, 2.24) is 5.32 Å². The highest BCUT2D eigenvalue weighted by Gasteiger charge is 2.31. The van der Waals surface area contributed by atoms with Gasteiger partial charge in [-0.25, -0.2) is 0 Å². The number of thioether (sulfide) groups is 1. The number of carbonyl (C=O) groups is 1. The maximum atomic E-state index is 11.6. The minimum absolute atomic E-state index is 0.0842. The van der Waals surface area contributed by atoms with Gasteiger partial charge in [0, 0.05) is 5.75 Å². The number of hydrogen-bond acceptors (Lipinski definition) is 4. The molecule has 0 aliphatic carbocycles. The van der Waals surface area contributed by atoms with Gasteiger partial charge in [0.2, 0.25) is 0 Å². The summed E-state index contributed by atoms with van der Waals surface area (Å²) in [4.78, 5) is 11.6. The van der Waals surface area contributed by atoms with Gasteiger partial charge in [-0.05, 0) is 12.3 Å². The van der Waals surface area contributed by atoms with Crippen LogP contribution in [0.5, 0.6) is 0 Å². The Morgan fingerprint density at radius 1 is 1.60 bits per heavy atom. The minimum atomic E-state index is -0.0979. The lowest BCUT2D eigenvalue weighted by molar-refractivity contribution is -0.145. The fourth-order valence-electron chi connectivity index (χ4n) is 1.43. The molecular formula is C11H21NO2S. The first-order valence-corrected chi connectivity index (χ1v) is 6.74. The van der Waals surface area contributed by atoms with Gasteiger partial charge in [0.1, 0.15) is 6.04 Å². The van der Waals surface area contributed by atoms with E-state index in [9.17, 15) is 4.79 Å². The first kappa shape index (κ1) is 12.8. The van der Waals surface area contributed by atoms with Crippen LogP contribution in [0.4, 0.5) is 0 Å². The quantitative estimate of drug-likeness (QED) is 0.580. The predicted molar refractivity (Wildman–Crippen MR) is 63.9 cm³/mol. The van der Waals surface area contributed by atoms with Gasteiger partial charge in [-0.2, -0.15) is 0 Å². The van der Waals surface area contributed by atoms with E-state index in [1.54, 1.807) is 0 Å². The minimum Gasteiger partial charge on any atom is -0.465 e. The first-order chi connectivity index (χ1) is 7.15. The normalized spacial score (nSPS) is 25.9. The summed E-state index contributed by atoms with van der Waals surface area (Å²) in [5.41, 5.74) is 0. The summed E-state index contributed by atoms with van der Waals surface area (Å²) in [7, 11) is 0. The van der Waals surface area contributed by atoms with Crippen LogP contribution in [0.25, 0.3) is 0 Å². The molecular weight excluding hydrogens is 210 g/mol. The lowest BCUT2D eigenvalue weighted by Crippen LogP contribution is -2.39. The van der Waals surface area contributed by atoms with Crippen LogP contribution in [0.2, 0.25) is 0 Å². The van der Waals surface area contributed by atoms with E-state index in [1.807, 2.05) is 11.8 Å². The maximum Gasteiger partial charge on any atom is 0.324 e. The second-order valence-electron chi connectivity index (χ2n) is 4.24. The average Bonchev–Trinajstić information content (AvgIpc) is 2.66. The molecule has 3 nitrogen and oxygen atoms in total. The number of esters is 1. The van der Waals surface area contributed by atoms with Gasteiger partial charge >= 0.3 is 5.97 Å². The molecule has 1 aliphatic heterocycles. The summed E-state index contributed by atoms with van der Waals surface area (Å²) in [6, 6.07) is -0.0979. The van der Waals surface area contributed by atoms with Gasteiger partial charge in [0.25, 0.3) is 0 Å². The van der Waals surface area contributed by atoms with E-state index in [1.165, 1.54) is 0 Å². The highest BCUT2D eigenvalue weighted by molar-refractivity contribution is 8.00. The Morgan fingerprint density at radius 2 is 2.33 bits per heavy atom. The molecule has 0 amide bonds. The van der Waals surface area contributed by atoms with Crippen molar-refractivity contribution in [1.29, 1.82) is 0 Å². The molecule has 1 N–H and O–H groups in total. The van der Waals surface area contributed by atoms with Crippen LogP contribution >= 0.6 is 11.8 Å². The molecule has 4 heteroatoms. The van der Waals surface area contributed by atoms with Crippen molar-refractivity contribution in [2.75, 3.05) is 12.4 Å². The van der Waals surface area contributed by atoms with Gasteiger partial charge in [-0.1, -0.05) is 27.2 Å². The number of unbranched alkanes of at least 4 members (excludes halogenated alkanes) is 1. The molecule has 1 heterocycles. The van der Waals surface area contributed by atoms with Crippen molar-refractivity contribution < 1.29 is 9.53 Å². The van der Waals surface area contributed by atoms with Crippen LogP contribution in [0.15, 0.2) is 0 Å². The van der Waals surface area contributed by atoms with Crippen molar-refractivity contribution in [2.24, 2.45) is 5.92 Å². The molecule has 88 valence electrons. The zero-order chi connectivity index (χ0) is 11.3. The topological polar surface area (TPSA) is 38.3 Å². The highest BCUT2D eigenvalue weighted by atomic mass is 32.2. The van der Waals surface area contributed by atoms with Crippen molar-refractivity contribution >= 4 is 17.7 Å². The Labute approximate surface area is 96.3 Å². The number of rotatable bonds is 5. The van der Waals surface area contributed by atoms with Crippen LogP contribution in [-0.4, -0.2) is 29.7 Å². The van der Waals surface area contributed by atoms with E-state index >= 15 is 0 Å². The Morgan fingerprint density at radius 3 is 2.87 bits per heavy atom. The monoisotopic (exact) mass is 231 g/mol. The molecule has 0 aromatic rings. The molecule has 1 aliphatic rings. The molecule has 15 heavy (non-hydrogen) atoms. The zero-order valence-corrected chi connectivity index (χ0v) is 10.6. The molecule has 1 saturated heterocycles. The Bertz CT molecular complexity index is 209. The Kier molecular flexibility index (Phi) is 5.47. The third kappa shape index (κ3) is 4.03. The second kappa shape index (κ2) is 6.38. The molecule has 0 radical (unpaired) electrons. The van der Waals surface area contributed by atoms with E-state index in [0.29, 0.717) is 17.9 Å². The van der Waals surface area contributed by atoms with Gasteiger partial charge in [-0.15, -0.1) is 11.8 Å². The Hall–Kier alpha value is -0.220. The van der Waals surface area contributed by atoms with E-state index in [2.05, 4.69) is 26.1 Å². The van der Waals surface area contributed by atoms with E-state index in [0.717, 1.165) is 18.6 Å². The van der Waals surface area contributed by atoms with Gasteiger partial charge in [0.15, 0.2) is 0 Å². The molecule has 0 unspecified atom stereocenters. The standard InChI is InChI=1S/C11H21NO2S/c1-4-5-6-14-11(13)9-7-15-10(12-9)8(2)3/h8-10,12H,4-7H2,1-3H3/t9-,10-/m0/s1. The molecule has 0 bridgehead atoms. The van der Waals surface area contributed by atoms with Gasteiger partial charge < -0.3 is 4.74 Å². The second-order valence-corrected chi connectivity index (χ2v) is 5.41. The fraction of sp³-hybridized carbons (Fsp3) is 0.909. The summed E-state index contributed by atoms with van der Waals surface area (Å²) in [6.07, 6.45) is 2.02. The van der Waals surface area contributed by atoms with Crippen LogP contribution in [0.1, 0.15) is 33.6 Å². The summed E-state index contributed by atoms with van der Waals surface area (Å²) in [5, 5.41) is 3.70. The lowest BCUT2D eigenvalue weighted by Gasteiger charge is -2.15. The largest absolute Gasteiger partial charge is 0.465 e. The Balaban J connectivity index is 2.24. The number of hydrogen-bond donors (Lipinski definition) is 1. The van der Waals surface area contributed by atoms with E-state index in [-0.39, 0.29) is 12.0 Å². The summed E-state index contributed by atoms with van der Waals surface area (Å²) >= 11 is 1.81. The van der Waals surface area contributed by atoms with Crippen LogP contribution in [0.3, 0.4) is 0 Å². The highest BCUT2D eigenvalue weighted by Crippen LogP contribution is 2.25. The van der Waals surface area contributed by atoms with Gasteiger partial charge in [-0.3, -0.25) is 10.1 Å². The maximum absolute atomic E-state index is 11.6. The smallest absolute Gasteiger partial charge is 0.324 e. The summed E-state index contributed by atoms with van der Waals surface area (Å²) < 4.78 is 5.18. The molecule has 0 aromatic heterocycles. The SMILES string of the molecule is CCCCOC(=O)[C@@H]1CS[C@@H](C(C)C)N1. The number of carbonyl (C=O) groups excluding carboxylic acids is 1. The summed E-state index contributed by atoms with van der Waals surface area (Å²) in [5.74, 6) is 1.32. The molecule has 2 atom stereocenters. The number of nitrogens with one attached hydrogen (secondary N) is 1. The van der Waals surface area contributed by atoms with Crippen LogP contribution in [0, 0.1) is 5.92 Å². The third-order valence-corrected chi connectivity index (χ3v) is 4.01. The molecule has 1 rings (SSSR count). The van der Waals surface area contributed by atoms with Gasteiger partial charge in [0.05, 0.1) is 12.0 Å². The first-order valence-electron chi connectivity index (χ1n) is 5.69. The van der Waals surface area contributed by atoms with E-state index in [4.69, 9.17) is 4.74 Å².